The van der Waals surface area contributed by atoms with E-state index in [1.54, 1.807) is 0 Å². The lowest BCUT2D eigenvalue weighted by Crippen LogP contribution is -2.65. The molecule has 8 unspecified atom stereocenters. The summed E-state index contributed by atoms with van der Waals surface area (Å²) in [4.78, 5) is 0. The Morgan fingerprint density at radius 2 is 1.36 bits per heavy atom. The van der Waals surface area contributed by atoms with Crippen LogP contribution in [-0.2, 0) is 23.7 Å². The van der Waals surface area contributed by atoms with E-state index in [0.717, 1.165) is 38.5 Å². The third-order valence-electron chi connectivity index (χ3n) is 15.7. The van der Waals surface area contributed by atoms with Crippen LogP contribution in [0.1, 0.15) is 92.4 Å². The third kappa shape index (κ3) is 6.66. The third-order valence-corrected chi connectivity index (χ3v) is 15.7. The first kappa shape index (κ1) is 40.6. The summed E-state index contributed by atoms with van der Waals surface area (Å²) in [7, 11) is 0. The molecule has 3 aliphatic heterocycles. The molecule has 7 rings (SSSR count). The Bertz CT molecular complexity index is 1270. The molecule has 22 atom stereocenters. The minimum absolute atomic E-state index is 0.00892. The van der Waals surface area contributed by atoms with Crippen molar-refractivity contribution in [3.8, 4) is 0 Å². The van der Waals surface area contributed by atoms with E-state index >= 15 is 0 Å². The standard InChI is InChI=1S/C39H66O14/c1-17(2)8-13-39(48)18(3)25-33(53-39)29(44)26-21-7-6-19-14-20(9-11-37(19,4)22(21)10-12-38(25,26)5)49-36-34(31(46)28(43)24(16-41)51-36)52-35-32(47)30(45)27(42)23(15-40)50-35/h17-36,40-48H,6-16H2,1-5H3/t18-,19+,20-,21?,22?,23+,24+,25?,26?,27-,28+,29+,30+,31+,32+,33?,34+,35-,36+,37?,38?,39?/m0/s1. The normalized spacial score (nSPS) is 56.8. The molecule has 53 heavy (non-hydrogen) atoms. The lowest BCUT2D eigenvalue weighted by Gasteiger charge is -2.61. The summed E-state index contributed by atoms with van der Waals surface area (Å²) in [5.41, 5.74) is -0.117. The molecule has 7 fully saturated rings. The van der Waals surface area contributed by atoms with Crippen molar-refractivity contribution in [3.05, 3.63) is 0 Å². The summed E-state index contributed by atoms with van der Waals surface area (Å²) >= 11 is 0. The van der Waals surface area contributed by atoms with Crippen LogP contribution in [0.15, 0.2) is 0 Å². The molecular weight excluding hydrogens is 692 g/mol. The van der Waals surface area contributed by atoms with Gasteiger partial charge in [0.2, 0.25) is 0 Å². The SMILES string of the molecule is CC(C)CCC1(O)OC2C([C@@H]1C)C1(C)CCC3C(CC[C@@H]4C[C@@H](O[C@@H]5O[C@H](CO)[C@@H](O)[C@@H](O)[C@H]5O[C@@H]5O[C@H](CO)[C@H](O)[C@@H](O)[C@H]5O)CCC34C)C1[C@H]2O. The van der Waals surface area contributed by atoms with Crippen LogP contribution in [0.4, 0.5) is 0 Å². The largest absolute Gasteiger partial charge is 0.394 e. The van der Waals surface area contributed by atoms with Crippen molar-refractivity contribution < 1.29 is 69.6 Å². The van der Waals surface area contributed by atoms with Crippen molar-refractivity contribution in [2.75, 3.05) is 13.2 Å². The molecule has 0 spiro atoms. The fourth-order valence-corrected chi connectivity index (χ4v) is 12.7. The maximum Gasteiger partial charge on any atom is 0.187 e. The van der Waals surface area contributed by atoms with Gasteiger partial charge < -0.3 is 69.6 Å². The molecule has 0 bridgehead atoms. The first-order valence-electron chi connectivity index (χ1n) is 20.3. The average molecular weight is 759 g/mol. The molecule has 3 heterocycles. The van der Waals surface area contributed by atoms with Gasteiger partial charge >= 0.3 is 0 Å². The predicted molar refractivity (Wildman–Crippen MR) is 186 cm³/mol. The Kier molecular flexibility index (Phi) is 11.5. The van der Waals surface area contributed by atoms with Gasteiger partial charge in [0.25, 0.3) is 0 Å². The molecule has 14 nitrogen and oxygen atoms in total. The topological polar surface area (TPSA) is 228 Å². The Morgan fingerprint density at radius 1 is 0.717 bits per heavy atom. The number of aliphatic hydroxyl groups excluding tert-OH is 8. The van der Waals surface area contributed by atoms with Crippen LogP contribution >= 0.6 is 0 Å². The Hall–Kier alpha value is -0.560. The number of ether oxygens (including phenoxy) is 5. The van der Waals surface area contributed by atoms with Crippen molar-refractivity contribution in [2.45, 2.75) is 178 Å². The number of rotatable bonds is 9. The summed E-state index contributed by atoms with van der Waals surface area (Å²) in [6, 6.07) is 0. The van der Waals surface area contributed by atoms with Crippen LogP contribution in [0.2, 0.25) is 0 Å². The summed E-state index contributed by atoms with van der Waals surface area (Å²) < 4.78 is 30.4. The van der Waals surface area contributed by atoms with Crippen molar-refractivity contribution in [1.29, 1.82) is 0 Å². The number of hydrogen-bond donors (Lipinski definition) is 9. The minimum atomic E-state index is -1.74. The van der Waals surface area contributed by atoms with Crippen LogP contribution in [0.25, 0.3) is 0 Å². The zero-order valence-electron chi connectivity index (χ0n) is 31.9. The van der Waals surface area contributed by atoms with Crippen molar-refractivity contribution in [2.24, 2.45) is 52.3 Å². The zero-order chi connectivity index (χ0) is 38.4. The molecule has 0 aromatic carbocycles. The molecule has 3 saturated heterocycles. The van der Waals surface area contributed by atoms with Gasteiger partial charge in [0.05, 0.1) is 31.5 Å². The molecule has 0 amide bonds. The Labute approximate surface area is 312 Å². The summed E-state index contributed by atoms with van der Waals surface area (Å²) in [5.74, 6) is 0.445. The molecular formula is C39H66O14. The predicted octanol–water partition coefficient (Wildman–Crippen LogP) is 0.395. The lowest BCUT2D eigenvalue weighted by atomic mass is 9.44. The molecule has 0 radical (unpaired) electrons. The van der Waals surface area contributed by atoms with E-state index in [1.807, 2.05) is 0 Å². The second-order valence-electron chi connectivity index (χ2n) is 18.8. The number of fused-ring (bicyclic) bond motifs is 7. The van der Waals surface area contributed by atoms with E-state index < -0.39 is 86.5 Å². The van der Waals surface area contributed by atoms with E-state index in [4.69, 9.17) is 23.7 Å². The van der Waals surface area contributed by atoms with Crippen LogP contribution in [0, 0.1) is 52.3 Å². The van der Waals surface area contributed by atoms with E-state index in [2.05, 4.69) is 34.6 Å². The van der Waals surface area contributed by atoms with Crippen LogP contribution in [0.3, 0.4) is 0 Å². The highest BCUT2D eigenvalue weighted by Crippen LogP contribution is 2.71. The van der Waals surface area contributed by atoms with Crippen molar-refractivity contribution in [3.63, 3.8) is 0 Å². The molecule has 4 aliphatic carbocycles. The van der Waals surface area contributed by atoms with Crippen molar-refractivity contribution in [1.82, 2.24) is 0 Å². The maximum atomic E-state index is 12.0. The zero-order valence-corrected chi connectivity index (χ0v) is 31.9. The van der Waals surface area contributed by atoms with Gasteiger partial charge in [0, 0.05) is 18.3 Å². The first-order valence-corrected chi connectivity index (χ1v) is 20.3. The van der Waals surface area contributed by atoms with E-state index in [1.165, 1.54) is 0 Å². The fourth-order valence-electron chi connectivity index (χ4n) is 12.7. The van der Waals surface area contributed by atoms with Crippen LogP contribution < -0.4 is 0 Å². The van der Waals surface area contributed by atoms with Crippen LogP contribution in [-0.4, -0.2) is 145 Å². The molecule has 0 aromatic heterocycles. The molecule has 4 saturated carbocycles. The molecule has 9 N–H and O–H groups in total. The lowest BCUT2D eigenvalue weighted by molar-refractivity contribution is -0.373. The van der Waals surface area contributed by atoms with Gasteiger partial charge in [-0.15, -0.1) is 0 Å². The summed E-state index contributed by atoms with van der Waals surface area (Å²) in [6.45, 7) is 9.90. The molecule has 7 aliphatic rings. The highest BCUT2D eigenvalue weighted by Gasteiger charge is 2.71. The Morgan fingerprint density at radius 3 is 2.02 bits per heavy atom. The monoisotopic (exact) mass is 758 g/mol. The smallest absolute Gasteiger partial charge is 0.187 e. The molecule has 14 heteroatoms. The Balaban J connectivity index is 1.04. The van der Waals surface area contributed by atoms with Gasteiger partial charge in [-0.25, -0.2) is 0 Å². The molecule has 306 valence electrons. The van der Waals surface area contributed by atoms with Gasteiger partial charge in [0.15, 0.2) is 18.4 Å². The van der Waals surface area contributed by atoms with Gasteiger partial charge in [-0.3, -0.25) is 0 Å². The summed E-state index contributed by atoms with van der Waals surface area (Å²) in [5, 5.41) is 96.3. The fraction of sp³-hybridized carbons (Fsp3) is 1.00. The van der Waals surface area contributed by atoms with Gasteiger partial charge in [-0.2, -0.15) is 0 Å². The second kappa shape index (κ2) is 15.0. The number of aliphatic hydroxyl groups is 9. The highest BCUT2D eigenvalue weighted by molar-refractivity contribution is 5.18. The molecule has 0 aromatic rings. The van der Waals surface area contributed by atoms with Crippen molar-refractivity contribution >= 4 is 0 Å². The van der Waals surface area contributed by atoms with E-state index in [0.29, 0.717) is 42.9 Å². The van der Waals surface area contributed by atoms with E-state index in [-0.39, 0.29) is 40.8 Å². The number of hydrogen-bond acceptors (Lipinski definition) is 14. The van der Waals surface area contributed by atoms with E-state index in [9.17, 15) is 46.0 Å². The minimum Gasteiger partial charge on any atom is -0.394 e. The maximum absolute atomic E-state index is 12.0. The quantitative estimate of drug-likeness (QED) is 0.145. The average Bonchev–Trinajstić information content (AvgIpc) is 3.52. The summed E-state index contributed by atoms with van der Waals surface area (Å²) in [6.07, 6.45) is -8.50. The van der Waals surface area contributed by atoms with Gasteiger partial charge in [-0.05, 0) is 91.8 Å². The van der Waals surface area contributed by atoms with Crippen LogP contribution in [0.5, 0.6) is 0 Å². The first-order chi connectivity index (χ1) is 25.0. The van der Waals surface area contributed by atoms with Gasteiger partial charge in [0.1, 0.15) is 48.8 Å². The highest BCUT2D eigenvalue weighted by atomic mass is 16.8. The second-order valence-corrected chi connectivity index (χ2v) is 18.8. The van der Waals surface area contributed by atoms with Gasteiger partial charge in [-0.1, -0.05) is 34.6 Å².